The monoisotopic (exact) mass is 359 g/mol. The van der Waals surface area contributed by atoms with Crippen LogP contribution in [0.2, 0.25) is 0 Å². The van der Waals surface area contributed by atoms with E-state index in [0.29, 0.717) is 30.2 Å². The lowest BCUT2D eigenvalue weighted by Crippen LogP contribution is -2.24. The summed E-state index contributed by atoms with van der Waals surface area (Å²) in [7, 11) is 6.30. The van der Waals surface area contributed by atoms with Crippen LogP contribution in [-0.4, -0.2) is 34.3 Å². The van der Waals surface area contributed by atoms with Gasteiger partial charge in [0, 0.05) is 12.1 Å². The normalized spacial score (nSPS) is 10.2. The minimum absolute atomic E-state index is 0.0774. The lowest BCUT2D eigenvalue weighted by molar-refractivity contribution is -0.120. The van der Waals surface area contributed by atoms with Crippen LogP contribution in [0.25, 0.3) is 0 Å². The Balaban J connectivity index is 2.06. The molecule has 6 nitrogen and oxygen atoms in total. The summed E-state index contributed by atoms with van der Waals surface area (Å²) in [6.07, 6.45) is 0.292. The highest BCUT2D eigenvalue weighted by atomic mass is 16.5. The molecule has 0 aliphatic carbocycles. The Morgan fingerprint density at radius 2 is 1.54 bits per heavy atom. The highest BCUT2D eigenvalue weighted by molar-refractivity contribution is 5.78. The van der Waals surface area contributed by atoms with Gasteiger partial charge in [-0.15, -0.1) is 0 Å². The van der Waals surface area contributed by atoms with Gasteiger partial charge in [-0.1, -0.05) is 12.1 Å². The number of amides is 1. The maximum atomic E-state index is 12.3. The molecule has 0 unspecified atom stereocenters. The molecule has 2 aromatic rings. The molecule has 0 bridgehead atoms. The Labute approximate surface area is 154 Å². The van der Waals surface area contributed by atoms with Crippen molar-refractivity contribution in [1.29, 1.82) is 0 Å². The third-order valence-electron chi connectivity index (χ3n) is 4.09. The van der Waals surface area contributed by atoms with E-state index in [1.165, 1.54) is 0 Å². The molecule has 2 aromatic carbocycles. The Morgan fingerprint density at radius 3 is 2.12 bits per heavy atom. The van der Waals surface area contributed by atoms with Crippen molar-refractivity contribution in [2.24, 2.45) is 0 Å². The number of nitrogens with one attached hydrogen (secondary N) is 1. The van der Waals surface area contributed by atoms with Gasteiger partial charge in [-0.25, -0.2) is 0 Å². The van der Waals surface area contributed by atoms with E-state index in [9.17, 15) is 4.79 Å². The van der Waals surface area contributed by atoms with Crippen LogP contribution in [0, 0.1) is 6.92 Å². The molecule has 0 saturated carbocycles. The third kappa shape index (κ3) is 4.39. The van der Waals surface area contributed by atoms with Crippen molar-refractivity contribution in [3.8, 4) is 23.0 Å². The first-order valence-corrected chi connectivity index (χ1v) is 8.22. The Kier molecular flexibility index (Phi) is 6.72. The number of benzene rings is 2. The molecular weight excluding hydrogens is 334 g/mol. The van der Waals surface area contributed by atoms with Gasteiger partial charge in [0.05, 0.1) is 34.9 Å². The van der Waals surface area contributed by atoms with E-state index in [2.05, 4.69) is 5.32 Å². The summed E-state index contributed by atoms with van der Waals surface area (Å²) in [6.45, 7) is 2.28. The van der Waals surface area contributed by atoms with E-state index < -0.39 is 0 Å². The van der Waals surface area contributed by atoms with Crippen LogP contribution in [0.15, 0.2) is 30.3 Å². The molecule has 2 rings (SSSR count). The fourth-order valence-electron chi connectivity index (χ4n) is 2.79. The fourth-order valence-corrected chi connectivity index (χ4v) is 2.79. The minimum Gasteiger partial charge on any atom is -0.496 e. The molecule has 140 valence electrons. The molecule has 1 N–H and O–H groups in total. The highest BCUT2D eigenvalue weighted by Gasteiger charge is 2.16. The van der Waals surface area contributed by atoms with Gasteiger partial charge in [0.25, 0.3) is 0 Å². The number of carbonyl (C=O) groups excluding carboxylic acids is 1. The fraction of sp³-hybridized carbons (Fsp3) is 0.350. The van der Waals surface area contributed by atoms with Crippen molar-refractivity contribution in [2.45, 2.75) is 19.9 Å². The average molecular weight is 359 g/mol. The zero-order valence-electron chi connectivity index (χ0n) is 15.8. The SMILES string of the molecule is COc1ccc(CC(=O)NCc2ccc(OC)c(OC)c2OC)cc1C. The minimum atomic E-state index is -0.0774. The lowest BCUT2D eigenvalue weighted by Gasteiger charge is -2.16. The van der Waals surface area contributed by atoms with Gasteiger partial charge in [0.1, 0.15) is 5.75 Å². The van der Waals surface area contributed by atoms with Gasteiger partial charge in [0.15, 0.2) is 11.5 Å². The second kappa shape index (κ2) is 8.99. The molecule has 0 aliphatic rings. The molecule has 0 atom stereocenters. The highest BCUT2D eigenvalue weighted by Crippen LogP contribution is 2.39. The van der Waals surface area contributed by atoms with E-state index >= 15 is 0 Å². The van der Waals surface area contributed by atoms with Crippen molar-refractivity contribution < 1.29 is 23.7 Å². The number of methoxy groups -OCH3 is 4. The smallest absolute Gasteiger partial charge is 0.224 e. The number of hydrogen-bond donors (Lipinski definition) is 1. The predicted molar refractivity (Wildman–Crippen MR) is 99.4 cm³/mol. The largest absolute Gasteiger partial charge is 0.496 e. The first-order valence-electron chi connectivity index (χ1n) is 8.22. The summed E-state index contributed by atoms with van der Waals surface area (Å²) in [6, 6.07) is 9.35. The maximum Gasteiger partial charge on any atom is 0.224 e. The summed E-state index contributed by atoms with van der Waals surface area (Å²) in [5, 5.41) is 2.91. The van der Waals surface area contributed by atoms with E-state index in [0.717, 1.165) is 22.4 Å². The molecule has 0 spiro atoms. The van der Waals surface area contributed by atoms with Crippen molar-refractivity contribution in [3.05, 3.63) is 47.0 Å². The molecule has 6 heteroatoms. The Bertz CT molecular complexity index is 773. The van der Waals surface area contributed by atoms with Gasteiger partial charge in [-0.3, -0.25) is 4.79 Å². The number of aryl methyl sites for hydroxylation is 1. The topological polar surface area (TPSA) is 66.0 Å². The van der Waals surface area contributed by atoms with Crippen molar-refractivity contribution in [2.75, 3.05) is 28.4 Å². The van der Waals surface area contributed by atoms with E-state index in [4.69, 9.17) is 18.9 Å². The number of carbonyl (C=O) groups is 1. The van der Waals surface area contributed by atoms with Crippen LogP contribution < -0.4 is 24.3 Å². The summed E-state index contributed by atoms with van der Waals surface area (Å²) in [4.78, 5) is 12.3. The molecule has 1 amide bonds. The van der Waals surface area contributed by atoms with Gasteiger partial charge in [-0.05, 0) is 36.2 Å². The summed E-state index contributed by atoms with van der Waals surface area (Å²) >= 11 is 0. The molecule has 0 saturated heterocycles. The standard InChI is InChI=1S/C20H25NO5/c1-13-10-14(6-8-16(13)23-2)11-18(22)21-12-15-7-9-17(24-3)20(26-5)19(15)25-4/h6-10H,11-12H2,1-5H3,(H,21,22). The molecule has 0 fully saturated rings. The lowest BCUT2D eigenvalue weighted by atomic mass is 10.1. The van der Waals surface area contributed by atoms with E-state index in [1.54, 1.807) is 34.5 Å². The van der Waals surface area contributed by atoms with Gasteiger partial charge in [-0.2, -0.15) is 0 Å². The average Bonchev–Trinajstić information content (AvgIpc) is 2.65. The van der Waals surface area contributed by atoms with Crippen molar-refractivity contribution in [1.82, 2.24) is 5.32 Å². The van der Waals surface area contributed by atoms with Crippen LogP contribution in [0.5, 0.6) is 23.0 Å². The van der Waals surface area contributed by atoms with Gasteiger partial charge in [0.2, 0.25) is 11.7 Å². The second-order valence-electron chi connectivity index (χ2n) is 5.75. The Hall–Kier alpha value is -2.89. The van der Waals surface area contributed by atoms with E-state index in [1.807, 2.05) is 31.2 Å². The summed E-state index contributed by atoms with van der Waals surface area (Å²) in [5.74, 6) is 2.36. The third-order valence-corrected chi connectivity index (χ3v) is 4.09. The molecule has 0 radical (unpaired) electrons. The number of hydrogen-bond acceptors (Lipinski definition) is 5. The predicted octanol–water partition coefficient (Wildman–Crippen LogP) is 2.89. The summed E-state index contributed by atoms with van der Waals surface area (Å²) < 4.78 is 21.3. The zero-order chi connectivity index (χ0) is 19.1. The number of ether oxygens (including phenoxy) is 4. The van der Waals surface area contributed by atoms with Crippen molar-refractivity contribution >= 4 is 5.91 Å². The van der Waals surface area contributed by atoms with Crippen LogP contribution in [-0.2, 0) is 17.8 Å². The van der Waals surface area contributed by atoms with Crippen LogP contribution >= 0.6 is 0 Å². The molecule has 0 aliphatic heterocycles. The van der Waals surface area contributed by atoms with Crippen LogP contribution in [0.3, 0.4) is 0 Å². The van der Waals surface area contributed by atoms with Gasteiger partial charge >= 0.3 is 0 Å². The summed E-state index contributed by atoms with van der Waals surface area (Å²) in [5.41, 5.74) is 2.74. The molecule has 26 heavy (non-hydrogen) atoms. The van der Waals surface area contributed by atoms with Crippen molar-refractivity contribution in [3.63, 3.8) is 0 Å². The molecule has 0 aromatic heterocycles. The first-order chi connectivity index (χ1) is 12.5. The van der Waals surface area contributed by atoms with Gasteiger partial charge < -0.3 is 24.3 Å². The van der Waals surface area contributed by atoms with Crippen LogP contribution in [0.4, 0.5) is 0 Å². The van der Waals surface area contributed by atoms with Crippen LogP contribution in [0.1, 0.15) is 16.7 Å². The first kappa shape index (κ1) is 19.4. The zero-order valence-corrected chi connectivity index (χ0v) is 15.8. The second-order valence-corrected chi connectivity index (χ2v) is 5.75. The van der Waals surface area contributed by atoms with E-state index in [-0.39, 0.29) is 5.91 Å². The molecular formula is C20H25NO5. The quantitative estimate of drug-likeness (QED) is 0.785. The Morgan fingerprint density at radius 1 is 0.885 bits per heavy atom. The number of rotatable bonds is 8. The maximum absolute atomic E-state index is 12.3. The molecule has 0 heterocycles.